The van der Waals surface area contributed by atoms with E-state index >= 15 is 0 Å². The molecule has 0 aromatic heterocycles. The highest BCUT2D eigenvalue weighted by Gasteiger charge is 2.31. The quantitative estimate of drug-likeness (QED) is 0.908. The van der Waals surface area contributed by atoms with Crippen molar-refractivity contribution in [3.63, 3.8) is 0 Å². The van der Waals surface area contributed by atoms with E-state index in [4.69, 9.17) is 33.0 Å². The van der Waals surface area contributed by atoms with Crippen molar-refractivity contribution in [1.82, 2.24) is 5.01 Å². The van der Waals surface area contributed by atoms with Crippen LogP contribution in [0.2, 0.25) is 10.0 Å². The largest absolute Gasteiger partial charge is 0.478 e. The molecule has 1 N–H and O–H groups in total. The topological polar surface area (TPSA) is 62.1 Å². The summed E-state index contributed by atoms with van der Waals surface area (Å²) >= 11 is 12.4. The number of rotatable bonds is 3. The van der Waals surface area contributed by atoms with Crippen LogP contribution in [0.1, 0.15) is 27.7 Å². The van der Waals surface area contributed by atoms with Gasteiger partial charge in [0.1, 0.15) is 0 Å². The predicted octanol–water partition coefficient (Wildman–Crippen LogP) is 4.01. The Morgan fingerprint density at radius 2 is 1.87 bits per heavy atom. The fourth-order valence-electron chi connectivity index (χ4n) is 2.30. The van der Waals surface area contributed by atoms with Crippen molar-refractivity contribution >= 4 is 35.1 Å². The lowest BCUT2D eigenvalue weighted by molar-refractivity contribution is 0.0697. The number of carbonyl (C=O) groups is 1. The summed E-state index contributed by atoms with van der Waals surface area (Å²) in [6.45, 7) is 0. The Labute approximate surface area is 142 Å². The number of halogens is 2. The maximum Gasteiger partial charge on any atom is 0.335 e. The lowest BCUT2D eigenvalue weighted by Crippen LogP contribution is -2.16. The average Bonchev–Trinajstić information content (AvgIpc) is 2.89. The minimum Gasteiger partial charge on any atom is -0.478 e. The number of nitrogens with zero attached hydrogens (tertiary/aromatic N) is 2. The summed E-state index contributed by atoms with van der Waals surface area (Å²) in [7, 11) is 1.73. The lowest BCUT2D eigenvalue weighted by Gasteiger charge is -2.20. The maximum absolute atomic E-state index is 11.1. The van der Waals surface area contributed by atoms with Crippen molar-refractivity contribution in [2.45, 2.75) is 6.23 Å². The standard InChI is InChI=1S/C16H12Cl2N2O3/c1-20-15(13-11(17)6-3-7-12(13)18)23-14(19-20)9-4-2-5-10(8-9)16(21)22/h2-8,15H,1H3,(H,21,22). The molecular weight excluding hydrogens is 339 g/mol. The average molecular weight is 351 g/mol. The van der Waals surface area contributed by atoms with Crippen LogP contribution < -0.4 is 0 Å². The van der Waals surface area contributed by atoms with Crippen LogP contribution in [0.25, 0.3) is 0 Å². The SMILES string of the molecule is CN1N=C(c2cccc(C(=O)O)c2)OC1c1c(Cl)cccc1Cl. The van der Waals surface area contributed by atoms with Gasteiger partial charge in [-0.05, 0) is 30.3 Å². The van der Waals surface area contributed by atoms with Crippen LogP contribution in [-0.4, -0.2) is 29.0 Å². The van der Waals surface area contributed by atoms with Crippen LogP contribution in [0.4, 0.5) is 0 Å². The van der Waals surface area contributed by atoms with Gasteiger partial charge in [-0.3, -0.25) is 5.01 Å². The molecule has 2 aromatic rings. The zero-order valence-electron chi connectivity index (χ0n) is 12.0. The van der Waals surface area contributed by atoms with Gasteiger partial charge in [0.15, 0.2) is 0 Å². The Bertz CT molecular complexity index is 787. The number of hydrogen-bond donors (Lipinski definition) is 1. The molecule has 0 radical (unpaired) electrons. The summed E-state index contributed by atoms with van der Waals surface area (Å²) in [5.74, 6) is -0.693. The predicted molar refractivity (Wildman–Crippen MR) is 88.0 cm³/mol. The van der Waals surface area contributed by atoms with E-state index in [0.29, 0.717) is 27.1 Å². The number of hydrogen-bond acceptors (Lipinski definition) is 4. The highest BCUT2D eigenvalue weighted by Crippen LogP contribution is 2.37. The molecule has 2 aromatic carbocycles. The fraction of sp³-hybridized carbons (Fsp3) is 0.125. The molecule has 0 saturated heterocycles. The zero-order valence-corrected chi connectivity index (χ0v) is 13.5. The minimum absolute atomic E-state index is 0.163. The highest BCUT2D eigenvalue weighted by atomic mass is 35.5. The summed E-state index contributed by atoms with van der Waals surface area (Å²) in [6, 6.07) is 11.6. The van der Waals surface area contributed by atoms with Crippen molar-refractivity contribution in [1.29, 1.82) is 0 Å². The fourth-order valence-corrected chi connectivity index (χ4v) is 2.89. The Kier molecular flexibility index (Phi) is 4.15. The third-order valence-electron chi connectivity index (χ3n) is 3.41. The molecule has 0 spiro atoms. The van der Waals surface area contributed by atoms with E-state index < -0.39 is 12.2 Å². The van der Waals surface area contributed by atoms with Crippen molar-refractivity contribution in [2.24, 2.45) is 5.10 Å². The lowest BCUT2D eigenvalue weighted by atomic mass is 10.1. The van der Waals surface area contributed by atoms with E-state index in [0.717, 1.165) is 0 Å². The van der Waals surface area contributed by atoms with Gasteiger partial charge in [-0.2, -0.15) is 0 Å². The van der Waals surface area contributed by atoms with Gasteiger partial charge in [-0.1, -0.05) is 35.3 Å². The molecule has 23 heavy (non-hydrogen) atoms. The van der Waals surface area contributed by atoms with Crippen LogP contribution in [0.5, 0.6) is 0 Å². The second-order valence-corrected chi connectivity index (χ2v) is 5.78. The molecule has 5 nitrogen and oxygen atoms in total. The molecule has 0 saturated carbocycles. The van der Waals surface area contributed by atoms with E-state index in [-0.39, 0.29) is 5.56 Å². The van der Waals surface area contributed by atoms with Crippen LogP contribution in [0.3, 0.4) is 0 Å². The van der Waals surface area contributed by atoms with E-state index in [1.165, 1.54) is 12.1 Å². The Hall–Kier alpha value is -2.24. The third-order valence-corrected chi connectivity index (χ3v) is 4.07. The zero-order chi connectivity index (χ0) is 16.6. The van der Waals surface area contributed by atoms with Crippen molar-refractivity contribution in [2.75, 3.05) is 7.05 Å². The van der Waals surface area contributed by atoms with Crippen LogP contribution in [-0.2, 0) is 4.74 Å². The Morgan fingerprint density at radius 1 is 1.22 bits per heavy atom. The molecule has 7 heteroatoms. The first-order valence-corrected chi connectivity index (χ1v) is 7.48. The molecule has 0 fully saturated rings. The van der Waals surface area contributed by atoms with Gasteiger partial charge in [0.05, 0.1) is 21.2 Å². The van der Waals surface area contributed by atoms with Crippen molar-refractivity contribution in [3.8, 4) is 0 Å². The molecule has 0 amide bonds. The molecule has 1 heterocycles. The summed E-state index contributed by atoms with van der Waals surface area (Å²) in [6.07, 6.45) is -0.570. The number of benzene rings is 2. The van der Waals surface area contributed by atoms with Gasteiger partial charge in [0.25, 0.3) is 0 Å². The van der Waals surface area contributed by atoms with E-state index in [1.807, 2.05) is 0 Å². The number of carboxylic acid groups (broad SMARTS) is 1. The Morgan fingerprint density at radius 3 is 2.52 bits per heavy atom. The number of carboxylic acids is 1. The number of hydrazone groups is 1. The van der Waals surface area contributed by atoms with Crippen LogP contribution in [0, 0.1) is 0 Å². The van der Waals surface area contributed by atoms with E-state index in [1.54, 1.807) is 42.4 Å². The minimum atomic E-state index is -1.01. The van der Waals surface area contributed by atoms with Gasteiger partial charge in [0.2, 0.25) is 12.1 Å². The van der Waals surface area contributed by atoms with Crippen LogP contribution in [0.15, 0.2) is 47.6 Å². The van der Waals surface area contributed by atoms with Crippen LogP contribution >= 0.6 is 23.2 Å². The molecule has 1 atom stereocenters. The molecular formula is C16H12Cl2N2O3. The number of aromatic carboxylic acids is 1. The monoisotopic (exact) mass is 350 g/mol. The normalized spacial score (nSPS) is 16.9. The first kappa shape index (κ1) is 15.6. The first-order chi connectivity index (χ1) is 11.0. The van der Waals surface area contributed by atoms with E-state index in [9.17, 15) is 4.79 Å². The summed E-state index contributed by atoms with van der Waals surface area (Å²) in [5, 5.41) is 15.9. The maximum atomic E-state index is 11.1. The molecule has 0 aliphatic carbocycles. The Balaban J connectivity index is 1.93. The van der Waals surface area contributed by atoms with Gasteiger partial charge in [-0.15, -0.1) is 5.10 Å². The molecule has 1 aliphatic rings. The van der Waals surface area contributed by atoms with Crippen molar-refractivity contribution in [3.05, 3.63) is 69.2 Å². The molecule has 0 bridgehead atoms. The third kappa shape index (κ3) is 2.98. The smallest absolute Gasteiger partial charge is 0.335 e. The number of ether oxygens (including phenoxy) is 1. The summed E-state index contributed by atoms with van der Waals surface area (Å²) < 4.78 is 5.86. The van der Waals surface area contributed by atoms with Gasteiger partial charge < -0.3 is 9.84 Å². The van der Waals surface area contributed by atoms with E-state index in [2.05, 4.69) is 5.10 Å². The molecule has 118 valence electrons. The second-order valence-electron chi connectivity index (χ2n) is 4.97. The molecule has 3 rings (SSSR count). The molecule has 1 aliphatic heterocycles. The van der Waals surface area contributed by atoms with Gasteiger partial charge in [-0.25, -0.2) is 4.79 Å². The summed E-state index contributed by atoms with van der Waals surface area (Å²) in [5.41, 5.74) is 1.35. The van der Waals surface area contributed by atoms with Gasteiger partial charge >= 0.3 is 5.97 Å². The first-order valence-electron chi connectivity index (χ1n) is 6.73. The van der Waals surface area contributed by atoms with Crippen molar-refractivity contribution < 1.29 is 14.6 Å². The molecule has 1 unspecified atom stereocenters. The highest BCUT2D eigenvalue weighted by molar-refractivity contribution is 6.36. The van der Waals surface area contributed by atoms with Gasteiger partial charge in [0, 0.05) is 12.6 Å². The second kappa shape index (κ2) is 6.10. The summed E-state index contributed by atoms with van der Waals surface area (Å²) in [4.78, 5) is 11.1.